The van der Waals surface area contributed by atoms with E-state index in [1.807, 2.05) is 27.7 Å². The van der Waals surface area contributed by atoms with Crippen molar-refractivity contribution in [3.8, 4) is 5.75 Å². The molecule has 0 bridgehead atoms. The van der Waals surface area contributed by atoms with E-state index in [4.69, 9.17) is 14.0 Å². The number of nitrogens with zero attached hydrogens (tertiary/aromatic N) is 1. The zero-order chi connectivity index (χ0) is 14.3. The number of hydrogen-bond donors (Lipinski definition) is 0. The fourth-order valence-electron chi connectivity index (χ4n) is 1.83. The van der Waals surface area contributed by atoms with Crippen LogP contribution in [-0.2, 0) is 9.31 Å². The molecule has 0 saturated carbocycles. The van der Waals surface area contributed by atoms with Gasteiger partial charge in [0, 0.05) is 5.56 Å². The van der Waals surface area contributed by atoms with Crippen molar-refractivity contribution >= 4 is 19.0 Å². The minimum absolute atomic E-state index is 0.415. The SMILES string of the molecule is COc1cnc(B2OC(C)(C)C(C)(C)O2)c(C=O)c1. The van der Waals surface area contributed by atoms with Gasteiger partial charge >= 0.3 is 7.12 Å². The van der Waals surface area contributed by atoms with Gasteiger partial charge < -0.3 is 14.0 Å². The molecule has 0 aromatic carbocycles. The third kappa shape index (κ3) is 2.38. The molecule has 1 fully saturated rings. The Bertz CT molecular complexity index is 485. The molecule has 2 rings (SSSR count). The van der Waals surface area contributed by atoms with E-state index in [2.05, 4.69) is 4.98 Å². The average Bonchev–Trinajstić information content (AvgIpc) is 2.57. The van der Waals surface area contributed by atoms with Crippen molar-refractivity contribution in [3.63, 3.8) is 0 Å². The minimum atomic E-state index is -0.642. The molecule has 0 amide bonds. The number of methoxy groups -OCH3 is 1. The van der Waals surface area contributed by atoms with Crippen LogP contribution in [0.15, 0.2) is 12.3 Å². The first-order valence-electron chi connectivity index (χ1n) is 6.15. The lowest BCUT2D eigenvalue weighted by atomic mass is 9.81. The number of aromatic nitrogens is 1. The molecular weight excluding hydrogens is 245 g/mol. The average molecular weight is 263 g/mol. The van der Waals surface area contributed by atoms with Gasteiger partial charge in [-0.05, 0) is 33.8 Å². The molecule has 0 atom stereocenters. The number of pyridine rings is 1. The van der Waals surface area contributed by atoms with Crippen molar-refractivity contribution in [2.45, 2.75) is 38.9 Å². The lowest BCUT2D eigenvalue weighted by Gasteiger charge is -2.32. The largest absolute Gasteiger partial charge is 0.515 e. The van der Waals surface area contributed by atoms with Crippen molar-refractivity contribution in [1.29, 1.82) is 0 Å². The van der Waals surface area contributed by atoms with Gasteiger partial charge in [-0.1, -0.05) is 0 Å². The Morgan fingerprint density at radius 2 is 1.84 bits per heavy atom. The van der Waals surface area contributed by atoms with E-state index in [1.165, 1.54) is 7.11 Å². The normalized spacial score (nSPS) is 20.4. The zero-order valence-corrected chi connectivity index (χ0v) is 11.9. The molecule has 0 N–H and O–H groups in total. The van der Waals surface area contributed by atoms with Gasteiger partial charge in [0.15, 0.2) is 6.29 Å². The van der Waals surface area contributed by atoms with Crippen LogP contribution in [0.2, 0.25) is 0 Å². The predicted octanol–water partition coefficient (Wildman–Crippen LogP) is 1.20. The molecule has 0 unspecified atom stereocenters. The molecule has 19 heavy (non-hydrogen) atoms. The van der Waals surface area contributed by atoms with Crippen LogP contribution in [0, 0.1) is 0 Å². The quantitative estimate of drug-likeness (QED) is 0.605. The smallest absolute Gasteiger partial charge is 0.495 e. The number of ether oxygens (including phenoxy) is 1. The van der Waals surface area contributed by atoms with Crippen LogP contribution >= 0.6 is 0 Å². The van der Waals surface area contributed by atoms with Gasteiger partial charge in [-0.25, -0.2) is 0 Å². The van der Waals surface area contributed by atoms with Gasteiger partial charge in [0.2, 0.25) is 0 Å². The van der Waals surface area contributed by atoms with Crippen LogP contribution in [0.25, 0.3) is 0 Å². The minimum Gasteiger partial charge on any atom is -0.495 e. The highest BCUT2D eigenvalue weighted by Crippen LogP contribution is 2.36. The summed E-state index contributed by atoms with van der Waals surface area (Å²) in [6.45, 7) is 7.82. The summed E-state index contributed by atoms with van der Waals surface area (Å²) in [7, 11) is 0.885. The second kappa shape index (κ2) is 4.61. The van der Waals surface area contributed by atoms with E-state index in [0.29, 0.717) is 16.9 Å². The van der Waals surface area contributed by atoms with Crippen molar-refractivity contribution < 1.29 is 18.8 Å². The Morgan fingerprint density at radius 1 is 1.26 bits per heavy atom. The zero-order valence-electron chi connectivity index (χ0n) is 11.9. The van der Waals surface area contributed by atoms with Gasteiger partial charge in [-0.3, -0.25) is 9.78 Å². The molecule has 1 aromatic rings. The van der Waals surface area contributed by atoms with Gasteiger partial charge in [0.05, 0.1) is 30.1 Å². The molecule has 0 aliphatic carbocycles. The van der Waals surface area contributed by atoms with Crippen LogP contribution in [-0.4, -0.2) is 36.7 Å². The first-order valence-corrected chi connectivity index (χ1v) is 6.15. The lowest BCUT2D eigenvalue weighted by molar-refractivity contribution is 0.00578. The predicted molar refractivity (Wildman–Crippen MR) is 71.9 cm³/mol. The summed E-state index contributed by atoms with van der Waals surface area (Å²) in [6, 6.07) is 1.63. The highest BCUT2D eigenvalue weighted by molar-refractivity contribution is 6.62. The molecule has 6 heteroatoms. The Balaban J connectivity index is 2.37. The van der Waals surface area contributed by atoms with Crippen molar-refractivity contribution in [1.82, 2.24) is 4.98 Å². The summed E-state index contributed by atoms with van der Waals surface area (Å²) in [5.41, 5.74) is -0.0222. The van der Waals surface area contributed by atoms with Crippen LogP contribution < -0.4 is 10.3 Å². The third-order valence-electron chi connectivity index (χ3n) is 3.76. The Labute approximate surface area is 113 Å². The molecular formula is C13H18BNO4. The molecule has 1 saturated heterocycles. The van der Waals surface area contributed by atoms with Crippen LogP contribution in [0.3, 0.4) is 0 Å². The Hall–Kier alpha value is -1.40. The second-order valence-electron chi connectivity index (χ2n) is 5.56. The number of aldehydes is 1. The van der Waals surface area contributed by atoms with E-state index in [-0.39, 0.29) is 0 Å². The number of carbonyl (C=O) groups excluding carboxylic acids is 1. The van der Waals surface area contributed by atoms with Crippen LogP contribution in [0.5, 0.6) is 5.75 Å². The summed E-state index contributed by atoms with van der Waals surface area (Å²) >= 11 is 0. The first-order chi connectivity index (χ1) is 8.80. The summed E-state index contributed by atoms with van der Waals surface area (Å²) in [5.74, 6) is 0.530. The molecule has 1 aliphatic heterocycles. The third-order valence-corrected chi connectivity index (χ3v) is 3.76. The summed E-state index contributed by atoms with van der Waals surface area (Å²) in [5, 5.41) is 0. The number of carbonyl (C=O) groups is 1. The maximum absolute atomic E-state index is 11.2. The molecule has 2 heterocycles. The standard InChI is InChI=1S/C13H18BNO4/c1-12(2)13(3,4)19-14(18-12)11-9(8-16)6-10(17-5)7-15-11/h6-8H,1-5H3. The van der Waals surface area contributed by atoms with E-state index >= 15 is 0 Å². The molecule has 0 spiro atoms. The van der Waals surface area contributed by atoms with Crippen molar-refractivity contribution in [3.05, 3.63) is 17.8 Å². The van der Waals surface area contributed by atoms with E-state index in [9.17, 15) is 4.79 Å². The Morgan fingerprint density at radius 3 is 2.32 bits per heavy atom. The topological polar surface area (TPSA) is 57.6 Å². The van der Waals surface area contributed by atoms with Crippen LogP contribution in [0.1, 0.15) is 38.1 Å². The van der Waals surface area contributed by atoms with Crippen molar-refractivity contribution in [2.75, 3.05) is 7.11 Å². The highest BCUT2D eigenvalue weighted by atomic mass is 16.7. The molecule has 0 radical (unpaired) electrons. The highest BCUT2D eigenvalue weighted by Gasteiger charge is 2.52. The van der Waals surface area contributed by atoms with E-state index in [0.717, 1.165) is 6.29 Å². The molecule has 102 valence electrons. The maximum atomic E-state index is 11.2. The molecule has 1 aromatic heterocycles. The summed E-state index contributed by atoms with van der Waals surface area (Å²) in [6.07, 6.45) is 2.28. The fourth-order valence-corrected chi connectivity index (χ4v) is 1.83. The lowest BCUT2D eigenvalue weighted by Crippen LogP contribution is -2.41. The summed E-state index contributed by atoms with van der Waals surface area (Å²) < 4.78 is 16.8. The van der Waals surface area contributed by atoms with E-state index < -0.39 is 18.3 Å². The monoisotopic (exact) mass is 263 g/mol. The second-order valence-corrected chi connectivity index (χ2v) is 5.56. The number of rotatable bonds is 3. The van der Waals surface area contributed by atoms with Crippen molar-refractivity contribution in [2.24, 2.45) is 0 Å². The molecule has 5 nitrogen and oxygen atoms in total. The molecule has 1 aliphatic rings. The fraction of sp³-hybridized carbons (Fsp3) is 0.538. The summed E-state index contributed by atoms with van der Waals surface area (Å²) in [4.78, 5) is 15.4. The first kappa shape index (κ1) is 14.0. The van der Waals surface area contributed by atoms with Gasteiger partial charge in [-0.2, -0.15) is 0 Å². The van der Waals surface area contributed by atoms with Gasteiger partial charge in [-0.15, -0.1) is 0 Å². The maximum Gasteiger partial charge on any atom is 0.515 e. The van der Waals surface area contributed by atoms with Gasteiger partial charge in [0.1, 0.15) is 5.75 Å². The number of hydrogen-bond acceptors (Lipinski definition) is 5. The van der Waals surface area contributed by atoms with Crippen LogP contribution in [0.4, 0.5) is 0 Å². The van der Waals surface area contributed by atoms with E-state index in [1.54, 1.807) is 12.3 Å². The Kier molecular flexibility index (Phi) is 3.41. The van der Waals surface area contributed by atoms with Gasteiger partial charge in [0.25, 0.3) is 0 Å².